The Bertz CT molecular complexity index is 950. The van der Waals surface area contributed by atoms with E-state index in [1.54, 1.807) is 6.20 Å². The van der Waals surface area contributed by atoms with Crippen LogP contribution in [0, 0.1) is 11.3 Å². The second kappa shape index (κ2) is 9.77. The van der Waals surface area contributed by atoms with Crippen LogP contribution in [0.15, 0.2) is 42.6 Å². The maximum Gasteiger partial charge on any atom is 0.231 e. The molecule has 8 nitrogen and oxygen atoms in total. The topological polar surface area (TPSA) is 87.7 Å². The van der Waals surface area contributed by atoms with Crippen molar-refractivity contribution in [2.45, 2.75) is 46.1 Å². The second-order valence-electron chi connectivity index (χ2n) is 9.54. The van der Waals surface area contributed by atoms with Crippen molar-refractivity contribution in [2.75, 3.05) is 36.4 Å². The Morgan fingerprint density at radius 2 is 1.82 bits per heavy atom. The van der Waals surface area contributed by atoms with Crippen molar-refractivity contribution in [1.82, 2.24) is 15.1 Å². The van der Waals surface area contributed by atoms with Crippen LogP contribution < -0.4 is 15.0 Å². The van der Waals surface area contributed by atoms with E-state index in [1.807, 2.05) is 60.0 Å². The maximum atomic E-state index is 12.6. The lowest BCUT2D eigenvalue weighted by atomic mass is 9.87. The van der Waals surface area contributed by atoms with Gasteiger partial charge in [-0.3, -0.25) is 9.59 Å². The molecule has 2 fully saturated rings. The van der Waals surface area contributed by atoms with Crippen molar-refractivity contribution in [3.8, 4) is 5.75 Å². The zero-order valence-corrected chi connectivity index (χ0v) is 19.7. The number of rotatable bonds is 7. The highest BCUT2D eigenvalue weighted by Gasteiger charge is 2.34. The van der Waals surface area contributed by atoms with Gasteiger partial charge in [-0.1, -0.05) is 20.8 Å². The number of aromatic nitrogens is 2. The minimum absolute atomic E-state index is 0.0100. The number of carbonyl (C=O) groups excluding carboxylic acids is 2. The van der Waals surface area contributed by atoms with E-state index in [-0.39, 0.29) is 29.3 Å². The summed E-state index contributed by atoms with van der Waals surface area (Å²) in [5, 5.41) is 10.9. The quantitative estimate of drug-likeness (QED) is 0.695. The zero-order chi connectivity index (χ0) is 23.4. The molecule has 0 atom stereocenters. The Morgan fingerprint density at radius 1 is 1.12 bits per heavy atom. The number of ether oxygens (including phenoxy) is 1. The predicted molar refractivity (Wildman–Crippen MR) is 127 cm³/mol. The minimum Gasteiger partial charge on any atom is -0.490 e. The first-order valence-electron chi connectivity index (χ1n) is 11.8. The zero-order valence-electron chi connectivity index (χ0n) is 19.7. The first-order chi connectivity index (χ1) is 15.9. The number of carbonyl (C=O) groups is 2. The summed E-state index contributed by atoms with van der Waals surface area (Å²) in [6.45, 7) is 8.82. The van der Waals surface area contributed by atoms with Gasteiger partial charge < -0.3 is 19.9 Å². The molecule has 0 spiro atoms. The summed E-state index contributed by atoms with van der Waals surface area (Å²) in [5.41, 5.74) is 0.453. The smallest absolute Gasteiger partial charge is 0.231 e. The molecule has 176 valence electrons. The van der Waals surface area contributed by atoms with Gasteiger partial charge in [-0.25, -0.2) is 0 Å². The Balaban J connectivity index is 1.21. The third kappa shape index (κ3) is 5.43. The third-order valence-corrected chi connectivity index (χ3v) is 6.75. The van der Waals surface area contributed by atoms with E-state index in [1.165, 1.54) is 0 Å². The maximum absolute atomic E-state index is 12.6. The molecule has 3 heterocycles. The van der Waals surface area contributed by atoms with Crippen LogP contribution in [-0.2, 0) is 9.59 Å². The highest BCUT2D eigenvalue weighted by molar-refractivity contribution is 5.94. The van der Waals surface area contributed by atoms with Crippen LogP contribution in [0.3, 0.4) is 0 Å². The van der Waals surface area contributed by atoms with Gasteiger partial charge in [0.2, 0.25) is 11.8 Å². The van der Waals surface area contributed by atoms with E-state index in [2.05, 4.69) is 22.4 Å². The van der Waals surface area contributed by atoms with Gasteiger partial charge in [0.1, 0.15) is 11.9 Å². The van der Waals surface area contributed by atoms with Crippen molar-refractivity contribution in [2.24, 2.45) is 11.3 Å². The number of nitrogens with one attached hydrogen (secondary N) is 1. The highest BCUT2D eigenvalue weighted by atomic mass is 16.5. The molecule has 8 heteroatoms. The monoisotopic (exact) mass is 451 g/mol. The van der Waals surface area contributed by atoms with Gasteiger partial charge in [0.15, 0.2) is 5.82 Å². The largest absolute Gasteiger partial charge is 0.490 e. The molecular formula is C25H33N5O3. The normalized spacial score (nSPS) is 17.4. The number of anilines is 2. The molecule has 1 aromatic heterocycles. The van der Waals surface area contributed by atoms with Crippen LogP contribution in [-0.4, -0.2) is 59.2 Å². The second-order valence-corrected chi connectivity index (χ2v) is 9.54. The molecule has 0 bridgehead atoms. The van der Waals surface area contributed by atoms with Crippen LogP contribution in [0.4, 0.5) is 11.5 Å². The van der Waals surface area contributed by atoms with Crippen molar-refractivity contribution < 1.29 is 14.3 Å². The van der Waals surface area contributed by atoms with Gasteiger partial charge in [0.05, 0.1) is 5.92 Å². The molecular weight excluding hydrogens is 418 g/mol. The predicted octanol–water partition coefficient (Wildman–Crippen LogP) is 3.36. The van der Waals surface area contributed by atoms with Gasteiger partial charge in [0, 0.05) is 56.3 Å². The van der Waals surface area contributed by atoms with Crippen LogP contribution >= 0.6 is 0 Å². The van der Waals surface area contributed by atoms with Gasteiger partial charge in [-0.2, -0.15) is 5.10 Å². The molecule has 2 aliphatic heterocycles. The van der Waals surface area contributed by atoms with Crippen LogP contribution in [0.25, 0.3) is 0 Å². The fraction of sp³-hybridized carbons (Fsp3) is 0.520. The lowest BCUT2D eigenvalue weighted by molar-refractivity contribution is -0.142. The summed E-state index contributed by atoms with van der Waals surface area (Å²) in [7, 11) is 0. The summed E-state index contributed by atoms with van der Waals surface area (Å²) in [6.07, 6.45) is 4.23. The Kier molecular flexibility index (Phi) is 6.81. The molecule has 2 aliphatic rings. The van der Waals surface area contributed by atoms with Crippen LogP contribution in [0.5, 0.6) is 5.75 Å². The van der Waals surface area contributed by atoms with E-state index in [0.717, 1.165) is 49.6 Å². The SMILES string of the molecule is CCC(C)(C)C(=O)N1CCC(Oc2ccc(NC(=O)C3CN(c4cccnn4)C3)cc2)CC1. The molecule has 1 N–H and O–H groups in total. The van der Waals surface area contributed by atoms with Crippen molar-refractivity contribution in [1.29, 1.82) is 0 Å². The summed E-state index contributed by atoms with van der Waals surface area (Å²) in [4.78, 5) is 29.2. The molecule has 2 aromatic rings. The van der Waals surface area contributed by atoms with Crippen molar-refractivity contribution in [3.05, 3.63) is 42.6 Å². The molecule has 33 heavy (non-hydrogen) atoms. The number of benzene rings is 1. The molecule has 2 amide bonds. The Morgan fingerprint density at radius 3 is 2.42 bits per heavy atom. The average molecular weight is 452 g/mol. The van der Waals surface area contributed by atoms with E-state index < -0.39 is 0 Å². The molecule has 0 saturated carbocycles. The van der Waals surface area contributed by atoms with Crippen LogP contribution in [0.1, 0.15) is 40.0 Å². The number of hydrogen-bond acceptors (Lipinski definition) is 6. The van der Waals surface area contributed by atoms with Crippen molar-refractivity contribution in [3.63, 3.8) is 0 Å². The number of piperidine rings is 1. The van der Waals surface area contributed by atoms with Gasteiger partial charge >= 0.3 is 0 Å². The van der Waals surface area contributed by atoms with E-state index >= 15 is 0 Å². The number of amides is 2. The fourth-order valence-electron chi connectivity index (χ4n) is 4.10. The first kappa shape index (κ1) is 23.0. The van der Waals surface area contributed by atoms with Gasteiger partial charge in [-0.05, 0) is 42.8 Å². The summed E-state index contributed by atoms with van der Waals surface area (Å²) in [6, 6.07) is 11.3. The first-order valence-corrected chi connectivity index (χ1v) is 11.8. The molecule has 1 aromatic carbocycles. The van der Waals surface area contributed by atoms with Gasteiger partial charge in [0.25, 0.3) is 0 Å². The average Bonchev–Trinajstić information content (AvgIpc) is 2.80. The summed E-state index contributed by atoms with van der Waals surface area (Å²) in [5.74, 6) is 1.76. The highest BCUT2D eigenvalue weighted by Crippen LogP contribution is 2.27. The minimum atomic E-state index is -0.304. The lowest BCUT2D eigenvalue weighted by Gasteiger charge is -2.38. The summed E-state index contributed by atoms with van der Waals surface area (Å²) < 4.78 is 6.13. The Hall–Kier alpha value is -3.16. The number of nitrogens with zero attached hydrogens (tertiary/aromatic N) is 4. The van der Waals surface area contributed by atoms with Crippen molar-refractivity contribution >= 4 is 23.3 Å². The van der Waals surface area contributed by atoms with E-state index in [0.29, 0.717) is 13.1 Å². The molecule has 2 saturated heterocycles. The van der Waals surface area contributed by atoms with E-state index in [9.17, 15) is 9.59 Å². The van der Waals surface area contributed by atoms with Crippen LogP contribution in [0.2, 0.25) is 0 Å². The van der Waals surface area contributed by atoms with Gasteiger partial charge in [-0.15, -0.1) is 5.10 Å². The Labute approximate surface area is 195 Å². The third-order valence-electron chi connectivity index (χ3n) is 6.75. The molecule has 0 radical (unpaired) electrons. The molecule has 0 unspecified atom stereocenters. The lowest BCUT2D eigenvalue weighted by Crippen LogP contribution is -2.52. The number of hydrogen-bond donors (Lipinski definition) is 1. The molecule has 0 aliphatic carbocycles. The standard InChI is InChI=1S/C25H33N5O3/c1-4-25(2,3)24(32)29-14-11-21(12-15-29)33-20-9-7-19(8-10-20)27-23(31)18-16-30(17-18)22-6-5-13-26-28-22/h5-10,13,18,21H,4,11-12,14-17H2,1-3H3,(H,27,31). The fourth-order valence-corrected chi connectivity index (χ4v) is 4.10. The number of likely N-dealkylation sites (tertiary alicyclic amines) is 1. The summed E-state index contributed by atoms with van der Waals surface area (Å²) >= 11 is 0. The van der Waals surface area contributed by atoms with E-state index in [4.69, 9.17) is 4.74 Å². The molecule has 4 rings (SSSR count).